The minimum atomic E-state index is -3.29. The highest BCUT2D eigenvalue weighted by Crippen LogP contribution is 2.41. The number of benzene rings is 1. The molecule has 1 amide bonds. The highest BCUT2D eigenvalue weighted by Gasteiger charge is 2.48. The van der Waals surface area contributed by atoms with Crippen LogP contribution in [0.4, 0.5) is 0 Å². The summed E-state index contributed by atoms with van der Waals surface area (Å²) in [4.78, 5) is 31.8. The molecular formula is C21H26N4O4S. The Morgan fingerprint density at radius 3 is 2.53 bits per heavy atom. The Hall–Kier alpha value is -2.52. The SMILES string of the molecule is CCN(Cc1ccccc1)C(=O)c1cn2c(nc1=O)[C@]1(CCN(S(C)(=O)=O)C1)CC2. The Kier molecular flexibility index (Phi) is 5.27. The van der Waals surface area contributed by atoms with Crippen molar-refractivity contribution in [2.24, 2.45) is 0 Å². The van der Waals surface area contributed by atoms with E-state index >= 15 is 0 Å². The topological polar surface area (TPSA) is 92.6 Å². The molecule has 1 atom stereocenters. The van der Waals surface area contributed by atoms with Crippen molar-refractivity contribution < 1.29 is 13.2 Å². The summed E-state index contributed by atoms with van der Waals surface area (Å²) in [6, 6.07) is 9.64. The van der Waals surface area contributed by atoms with E-state index in [-0.39, 0.29) is 11.5 Å². The minimum Gasteiger partial charge on any atom is -0.335 e. The van der Waals surface area contributed by atoms with Gasteiger partial charge in [-0.2, -0.15) is 4.98 Å². The second-order valence-corrected chi connectivity index (χ2v) is 10.1. The molecule has 0 aliphatic carbocycles. The molecule has 30 heavy (non-hydrogen) atoms. The molecule has 2 aromatic rings. The van der Waals surface area contributed by atoms with Crippen molar-refractivity contribution in [1.29, 1.82) is 0 Å². The number of amides is 1. The van der Waals surface area contributed by atoms with E-state index in [2.05, 4.69) is 4.98 Å². The van der Waals surface area contributed by atoms with E-state index in [1.54, 1.807) is 11.1 Å². The summed E-state index contributed by atoms with van der Waals surface area (Å²) in [5.41, 5.74) is 0.0641. The van der Waals surface area contributed by atoms with Crippen molar-refractivity contribution in [2.75, 3.05) is 25.9 Å². The standard InChI is InChI=1S/C21H26N4O4S/c1-3-23(13-16-7-5-4-6-8-16)19(27)17-14-24-11-9-21(20(24)22-18(17)26)10-12-25(15-21)30(2,28)29/h4-8,14H,3,9-13,15H2,1-2H3/t21-/m0/s1. The van der Waals surface area contributed by atoms with Gasteiger partial charge in [-0.3, -0.25) is 9.59 Å². The van der Waals surface area contributed by atoms with Crippen LogP contribution in [-0.2, 0) is 28.5 Å². The lowest BCUT2D eigenvalue weighted by atomic mass is 9.85. The number of hydrogen-bond donors (Lipinski definition) is 0. The third-order valence-electron chi connectivity index (χ3n) is 6.20. The first-order valence-electron chi connectivity index (χ1n) is 10.1. The van der Waals surface area contributed by atoms with Crippen molar-refractivity contribution in [2.45, 2.75) is 38.3 Å². The van der Waals surface area contributed by atoms with Gasteiger partial charge in [-0.15, -0.1) is 0 Å². The van der Waals surface area contributed by atoms with Crippen molar-refractivity contribution >= 4 is 15.9 Å². The Labute approximate surface area is 176 Å². The molecule has 2 aliphatic rings. The van der Waals surface area contributed by atoms with Gasteiger partial charge in [0.25, 0.3) is 11.5 Å². The van der Waals surface area contributed by atoms with Crippen molar-refractivity contribution in [3.8, 4) is 0 Å². The normalized spacial score (nSPS) is 21.1. The van der Waals surface area contributed by atoms with E-state index in [4.69, 9.17) is 0 Å². The van der Waals surface area contributed by atoms with Crippen LogP contribution in [0.2, 0.25) is 0 Å². The first kappa shape index (κ1) is 20.7. The maximum absolute atomic E-state index is 13.1. The van der Waals surface area contributed by atoms with E-state index in [1.807, 2.05) is 41.8 Å². The van der Waals surface area contributed by atoms with Crippen LogP contribution in [0.25, 0.3) is 0 Å². The number of carbonyl (C=O) groups is 1. The Bertz CT molecular complexity index is 1130. The van der Waals surface area contributed by atoms with Gasteiger partial charge in [0.1, 0.15) is 11.4 Å². The van der Waals surface area contributed by atoms with Gasteiger partial charge in [0.15, 0.2) is 0 Å². The molecule has 2 aliphatic heterocycles. The minimum absolute atomic E-state index is 0.0616. The van der Waals surface area contributed by atoms with Crippen LogP contribution in [0, 0.1) is 0 Å². The average Bonchev–Trinajstić information content (AvgIpc) is 3.31. The smallest absolute Gasteiger partial charge is 0.285 e. The van der Waals surface area contributed by atoms with Gasteiger partial charge in [0.2, 0.25) is 10.0 Å². The number of fused-ring (bicyclic) bond motifs is 2. The quantitative estimate of drug-likeness (QED) is 0.711. The molecule has 0 saturated carbocycles. The highest BCUT2D eigenvalue weighted by atomic mass is 32.2. The first-order chi connectivity index (χ1) is 14.2. The van der Waals surface area contributed by atoms with Crippen LogP contribution >= 0.6 is 0 Å². The lowest BCUT2D eigenvalue weighted by Crippen LogP contribution is -2.37. The van der Waals surface area contributed by atoms with Crippen molar-refractivity contribution in [1.82, 2.24) is 18.8 Å². The molecular weight excluding hydrogens is 404 g/mol. The molecule has 1 spiro atoms. The van der Waals surface area contributed by atoms with Crippen LogP contribution in [0.1, 0.15) is 41.5 Å². The molecule has 1 aromatic carbocycles. The predicted octanol–water partition coefficient (Wildman–Crippen LogP) is 1.21. The van der Waals surface area contributed by atoms with E-state index in [9.17, 15) is 18.0 Å². The van der Waals surface area contributed by atoms with Crippen LogP contribution in [-0.4, -0.2) is 59.0 Å². The molecule has 160 valence electrons. The molecule has 0 bridgehead atoms. The van der Waals surface area contributed by atoms with Crippen LogP contribution < -0.4 is 5.56 Å². The van der Waals surface area contributed by atoms with Crippen LogP contribution in [0.15, 0.2) is 41.3 Å². The van der Waals surface area contributed by atoms with Gasteiger partial charge < -0.3 is 9.47 Å². The fourth-order valence-corrected chi connectivity index (χ4v) is 5.39. The number of nitrogens with zero attached hydrogens (tertiary/aromatic N) is 4. The zero-order valence-corrected chi connectivity index (χ0v) is 18.1. The van der Waals surface area contributed by atoms with Gasteiger partial charge in [-0.25, -0.2) is 12.7 Å². The molecule has 4 rings (SSSR count). The zero-order chi connectivity index (χ0) is 21.5. The average molecular weight is 431 g/mol. The second kappa shape index (κ2) is 7.63. The maximum Gasteiger partial charge on any atom is 0.285 e. The largest absolute Gasteiger partial charge is 0.335 e. The summed E-state index contributed by atoms with van der Waals surface area (Å²) in [6.07, 6.45) is 4.16. The summed E-state index contributed by atoms with van der Waals surface area (Å²) in [6.45, 7) is 4.15. The van der Waals surface area contributed by atoms with E-state index in [1.165, 1.54) is 10.6 Å². The summed E-state index contributed by atoms with van der Waals surface area (Å²) < 4.78 is 27.2. The third kappa shape index (κ3) is 3.67. The van der Waals surface area contributed by atoms with Gasteiger partial charge >= 0.3 is 0 Å². The molecule has 1 saturated heterocycles. The molecule has 0 unspecified atom stereocenters. The van der Waals surface area contributed by atoms with E-state index in [0.717, 1.165) is 5.56 Å². The fourth-order valence-electron chi connectivity index (χ4n) is 4.48. The fraction of sp³-hybridized carbons (Fsp3) is 0.476. The van der Waals surface area contributed by atoms with Crippen molar-refractivity contribution in [3.05, 3.63) is 63.8 Å². The molecule has 1 fully saturated rings. The summed E-state index contributed by atoms with van der Waals surface area (Å²) in [5.74, 6) is 0.264. The highest BCUT2D eigenvalue weighted by molar-refractivity contribution is 7.88. The van der Waals surface area contributed by atoms with Crippen LogP contribution in [0.3, 0.4) is 0 Å². The third-order valence-corrected chi connectivity index (χ3v) is 7.45. The number of rotatable bonds is 5. The van der Waals surface area contributed by atoms with Gasteiger partial charge in [0, 0.05) is 44.3 Å². The Morgan fingerprint density at radius 1 is 1.20 bits per heavy atom. The summed E-state index contributed by atoms with van der Waals surface area (Å²) in [7, 11) is -3.29. The van der Waals surface area contributed by atoms with Crippen molar-refractivity contribution in [3.63, 3.8) is 0 Å². The number of hydrogen-bond acceptors (Lipinski definition) is 5. The lowest BCUT2D eigenvalue weighted by Gasteiger charge is -2.23. The second-order valence-electron chi connectivity index (χ2n) is 8.16. The van der Waals surface area contributed by atoms with Crippen LogP contribution in [0.5, 0.6) is 0 Å². The first-order valence-corrected chi connectivity index (χ1v) is 12.0. The van der Waals surface area contributed by atoms with Gasteiger partial charge in [-0.05, 0) is 25.3 Å². The monoisotopic (exact) mass is 430 g/mol. The van der Waals surface area contributed by atoms with E-state index in [0.29, 0.717) is 51.4 Å². The molecule has 0 N–H and O–H groups in total. The zero-order valence-electron chi connectivity index (χ0n) is 17.2. The summed E-state index contributed by atoms with van der Waals surface area (Å²) in [5, 5.41) is 0. The van der Waals surface area contributed by atoms with Gasteiger partial charge in [0.05, 0.1) is 6.26 Å². The Morgan fingerprint density at radius 2 is 1.90 bits per heavy atom. The maximum atomic E-state index is 13.1. The molecule has 1 aromatic heterocycles. The molecule has 0 radical (unpaired) electrons. The molecule has 9 heteroatoms. The van der Waals surface area contributed by atoms with Gasteiger partial charge in [-0.1, -0.05) is 30.3 Å². The Balaban J connectivity index is 1.62. The number of sulfonamides is 1. The lowest BCUT2D eigenvalue weighted by molar-refractivity contribution is 0.0749. The number of aromatic nitrogens is 2. The predicted molar refractivity (Wildman–Crippen MR) is 113 cm³/mol. The molecule has 3 heterocycles. The number of carbonyl (C=O) groups excluding carboxylic acids is 1. The number of aryl methyl sites for hydroxylation is 1. The summed E-state index contributed by atoms with van der Waals surface area (Å²) >= 11 is 0. The molecule has 8 nitrogen and oxygen atoms in total. The van der Waals surface area contributed by atoms with E-state index < -0.39 is 21.0 Å².